The summed E-state index contributed by atoms with van der Waals surface area (Å²) >= 11 is 0. The van der Waals surface area contributed by atoms with Gasteiger partial charge in [-0.2, -0.15) is 0 Å². The summed E-state index contributed by atoms with van der Waals surface area (Å²) in [5, 5.41) is 0. The second-order valence-electron chi connectivity index (χ2n) is 9.65. The van der Waals surface area contributed by atoms with Crippen LogP contribution in [0.15, 0.2) is 24.3 Å². The highest BCUT2D eigenvalue weighted by molar-refractivity contribution is 7.40. The summed E-state index contributed by atoms with van der Waals surface area (Å²) in [6, 6.07) is 8.07. The smallest absolute Gasteiger partial charge is 0.330 e. The predicted octanol–water partition coefficient (Wildman–Crippen LogP) is 6.66. The Kier molecular flexibility index (Phi) is 19.9. The van der Waals surface area contributed by atoms with Crippen LogP contribution in [0.5, 0.6) is 5.75 Å². The zero-order valence-corrected chi connectivity index (χ0v) is 24.0. The molecule has 1 N–H and O–H groups in total. The van der Waals surface area contributed by atoms with Gasteiger partial charge in [0.25, 0.3) is 0 Å². The molecule has 0 fully saturated rings. The summed E-state index contributed by atoms with van der Waals surface area (Å²) in [4.78, 5) is 23.3. The highest BCUT2D eigenvalue weighted by Crippen LogP contribution is 2.32. The van der Waals surface area contributed by atoms with Gasteiger partial charge in [0.2, 0.25) is 0 Å². The maximum absolute atomic E-state index is 11.5. The standard InChI is InChI=1S/C28H50NO6P/c1-5-6-7-8-9-10-11-12-13-14-15-17-26-18-16-19-27(22-26)32-23-28(35-25(2)30)24-34-36(31)33-21-20-29(3)4/h16,18-19,22,28,31H,5-15,17,20-21,23-24H2,1-4H3. The first-order valence-electron chi connectivity index (χ1n) is 13.7. The summed E-state index contributed by atoms with van der Waals surface area (Å²) in [6.07, 6.45) is 15.1. The number of hydrogen-bond acceptors (Lipinski definition) is 7. The van der Waals surface area contributed by atoms with E-state index in [2.05, 4.69) is 13.0 Å². The van der Waals surface area contributed by atoms with E-state index in [-0.39, 0.29) is 13.2 Å². The average Bonchev–Trinajstić information content (AvgIpc) is 2.84. The summed E-state index contributed by atoms with van der Waals surface area (Å²) in [7, 11) is 1.81. The van der Waals surface area contributed by atoms with Crippen LogP contribution in [0.4, 0.5) is 0 Å². The largest absolute Gasteiger partial charge is 0.490 e. The first-order chi connectivity index (χ1) is 17.4. The molecule has 2 atom stereocenters. The third-order valence-corrected chi connectivity index (χ3v) is 6.62. The van der Waals surface area contributed by atoms with Gasteiger partial charge in [0.15, 0.2) is 6.10 Å². The normalized spacial score (nSPS) is 13.1. The summed E-state index contributed by atoms with van der Waals surface area (Å²) in [5.74, 6) is 0.314. The van der Waals surface area contributed by atoms with E-state index >= 15 is 0 Å². The SMILES string of the molecule is CCCCCCCCCCCCCc1cccc(OCC(COP(O)OCCN(C)C)OC(C)=O)c1. The van der Waals surface area contributed by atoms with E-state index in [0.29, 0.717) is 13.2 Å². The molecule has 1 aromatic rings. The molecule has 1 rings (SSSR count). The Morgan fingerprint density at radius 2 is 1.58 bits per heavy atom. The van der Waals surface area contributed by atoms with Crippen LogP contribution in [0.3, 0.4) is 0 Å². The van der Waals surface area contributed by atoms with Crippen molar-refractivity contribution in [3.05, 3.63) is 29.8 Å². The molecule has 0 aliphatic carbocycles. The van der Waals surface area contributed by atoms with Crippen LogP contribution < -0.4 is 4.74 Å². The minimum Gasteiger partial charge on any atom is -0.490 e. The zero-order valence-electron chi connectivity index (χ0n) is 23.1. The fourth-order valence-electron chi connectivity index (χ4n) is 3.81. The number of unbranched alkanes of at least 4 members (excludes halogenated alkanes) is 10. The van der Waals surface area contributed by atoms with Crippen LogP contribution in [0.25, 0.3) is 0 Å². The Bertz CT molecular complexity index is 675. The van der Waals surface area contributed by atoms with Gasteiger partial charge in [0, 0.05) is 13.5 Å². The van der Waals surface area contributed by atoms with Crippen LogP contribution in [0.1, 0.15) is 90.0 Å². The van der Waals surface area contributed by atoms with Gasteiger partial charge in [0.1, 0.15) is 12.4 Å². The van der Waals surface area contributed by atoms with Crippen LogP contribution >= 0.6 is 8.60 Å². The Morgan fingerprint density at radius 3 is 2.19 bits per heavy atom. The quantitative estimate of drug-likeness (QED) is 0.0968. The molecule has 0 saturated heterocycles. The minimum absolute atomic E-state index is 0.00216. The van der Waals surface area contributed by atoms with Gasteiger partial charge in [-0.25, -0.2) is 0 Å². The van der Waals surface area contributed by atoms with Crippen molar-refractivity contribution in [2.24, 2.45) is 0 Å². The lowest BCUT2D eigenvalue weighted by molar-refractivity contribution is -0.149. The highest BCUT2D eigenvalue weighted by Gasteiger charge is 2.17. The van der Waals surface area contributed by atoms with Crippen molar-refractivity contribution in [3.8, 4) is 5.75 Å². The third kappa shape index (κ3) is 18.9. The van der Waals surface area contributed by atoms with Gasteiger partial charge in [-0.1, -0.05) is 83.3 Å². The number of nitrogens with zero attached hydrogens (tertiary/aromatic N) is 1. The first-order valence-corrected chi connectivity index (χ1v) is 14.8. The van der Waals surface area contributed by atoms with Crippen molar-refractivity contribution in [3.63, 3.8) is 0 Å². The van der Waals surface area contributed by atoms with Crippen molar-refractivity contribution in [1.82, 2.24) is 4.90 Å². The van der Waals surface area contributed by atoms with Crippen molar-refractivity contribution >= 4 is 14.6 Å². The number of rotatable bonds is 23. The Hall–Kier alpha value is -1.24. The molecule has 0 radical (unpaired) electrons. The predicted molar refractivity (Wildman–Crippen MR) is 147 cm³/mol. The molecule has 0 aromatic heterocycles. The van der Waals surface area contributed by atoms with Gasteiger partial charge in [0.05, 0.1) is 13.2 Å². The average molecular weight is 528 g/mol. The van der Waals surface area contributed by atoms with E-state index in [1.165, 1.54) is 83.1 Å². The molecule has 0 amide bonds. The van der Waals surface area contributed by atoms with Gasteiger partial charge < -0.3 is 28.3 Å². The summed E-state index contributed by atoms with van der Waals surface area (Å²) in [5.41, 5.74) is 1.25. The molecule has 2 unspecified atom stereocenters. The van der Waals surface area contributed by atoms with Crippen LogP contribution in [0, 0.1) is 0 Å². The molecule has 0 heterocycles. The van der Waals surface area contributed by atoms with E-state index in [9.17, 15) is 9.69 Å². The number of benzene rings is 1. The van der Waals surface area contributed by atoms with Crippen LogP contribution in [-0.4, -0.2) is 62.3 Å². The number of carbonyl (C=O) groups is 1. The Balaban J connectivity index is 2.28. The maximum atomic E-state index is 11.5. The fraction of sp³-hybridized carbons (Fsp3) is 0.750. The van der Waals surface area contributed by atoms with Crippen molar-refractivity contribution < 1.29 is 28.2 Å². The van der Waals surface area contributed by atoms with Gasteiger partial charge in [-0.05, 0) is 44.6 Å². The monoisotopic (exact) mass is 527 g/mol. The van der Waals surface area contributed by atoms with Crippen molar-refractivity contribution in [2.45, 2.75) is 97.0 Å². The number of aryl methyl sites for hydroxylation is 1. The molecule has 7 nitrogen and oxygen atoms in total. The number of hydrogen-bond donors (Lipinski definition) is 1. The molecular formula is C28H50NO6P. The lowest BCUT2D eigenvalue weighted by Gasteiger charge is -2.19. The molecule has 36 heavy (non-hydrogen) atoms. The molecule has 0 aliphatic heterocycles. The molecule has 0 saturated carbocycles. The molecule has 0 bridgehead atoms. The van der Waals surface area contributed by atoms with Crippen LogP contribution in [-0.2, 0) is 25.0 Å². The van der Waals surface area contributed by atoms with Gasteiger partial charge in [-0.3, -0.25) is 4.79 Å². The number of carbonyl (C=O) groups excluding carboxylic acids is 1. The fourth-order valence-corrected chi connectivity index (χ4v) is 4.42. The Morgan fingerprint density at radius 1 is 0.944 bits per heavy atom. The first kappa shape index (κ1) is 32.8. The second-order valence-corrected chi connectivity index (χ2v) is 10.6. The van der Waals surface area contributed by atoms with E-state index in [1.54, 1.807) is 0 Å². The zero-order chi connectivity index (χ0) is 26.4. The lowest BCUT2D eigenvalue weighted by atomic mass is 10.0. The van der Waals surface area contributed by atoms with E-state index < -0.39 is 20.7 Å². The lowest BCUT2D eigenvalue weighted by Crippen LogP contribution is -2.28. The molecule has 1 aromatic carbocycles. The Labute approximate surface area is 220 Å². The molecule has 0 aliphatic rings. The van der Waals surface area contributed by atoms with Crippen molar-refractivity contribution in [2.75, 3.05) is 40.5 Å². The molecule has 208 valence electrons. The molecule has 0 spiro atoms. The van der Waals surface area contributed by atoms with Crippen molar-refractivity contribution in [1.29, 1.82) is 0 Å². The van der Waals surface area contributed by atoms with Gasteiger partial charge in [-0.15, -0.1) is 0 Å². The topological polar surface area (TPSA) is 77.5 Å². The highest BCUT2D eigenvalue weighted by atomic mass is 31.2. The summed E-state index contributed by atoms with van der Waals surface area (Å²) < 4.78 is 21.8. The van der Waals surface area contributed by atoms with E-state index in [0.717, 1.165) is 12.2 Å². The maximum Gasteiger partial charge on any atom is 0.330 e. The number of likely N-dealkylation sites (N-methyl/N-ethyl adjacent to an activating group) is 1. The minimum atomic E-state index is -2.03. The van der Waals surface area contributed by atoms with Gasteiger partial charge >= 0.3 is 14.6 Å². The van der Waals surface area contributed by atoms with E-state index in [1.807, 2.05) is 37.2 Å². The molecule has 8 heteroatoms. The van der Waals surface area contributed by atoms with E-state index in [4.69, 9.17) is 18.5 Å². The third-order valence-electron chi connectivity index (χ3n) is 5.85. The number of ether oxygens (including phenoxy) is 2. The summed E-state index contributed by atoms with van der Waals surface area (Å²) in [6.45, 7) is 4.78. The number of esters is 1. The second kappa shape index (κ2) is 21.8. The molecular weight excluding hydrogens is 477 g/mol. The van der Waals surface area contributed by atoms with Crippen LogP contribution in [0.2, 0.25) is 0 Å².